The van der Waals surface area contributed by atoms with Gasteiger partial charge in [0, 0.05) is 57.2 Å². The van der Waals surface area contributed by atoms with Gasteiger partial charge >= 0.3 is 0 Å². The molecule has 386 valence electrons. The lowest BCUT2D eigenvalue weighted by Crippen LogP contribution is -1.98. The number of nitrogens with zero attached hydrogens (tertiary/aromatic N) is 6. The molecular weight excluding hydrogens is 1000 g/mol. The normalized spacial score (nSPS) is 11.4. The Labute approximate surface area is 473 Å². The topological polar surface area (TPSA) is 79.9 Å². The second-order valence-corrected chi connectivity index (χ2v) is 20.3. The number of fused-ring (bicyclic) bond motifs is 6. The maximum atomic E-state index is 6.64. The van der Waals surface area contributed by atoms with Crippen molar-refractivity contribution in [2.75, 3.05) is 0 Å². The number of pyridine rings is 2. The Balaban J connectivity index is 0.672. The van der Waals surface area contributed by atoms with Crippen LogP contribution in [0.1, 0.15) is 0 Å². The summed E-state index contributed by atoms with van der Waals surface area (Å²) in [6.07, 6.45) is 7.39. The lowest BCUT2D eigenvalue weighted by atomic mass is 10.0. The Bertz CT molecular complexity index is 4530. The number of benzene rings is 10. The zero-order valence-corrected chi connectivity index (χ0v) is 44.2. The quantitative estimate of drug-likeness (QED) is 0.121. The van der Waals surface area contributed by atoms with Gasteiger partial charge in [-0.25, -0.2) is 9.97 Å². The highest BCUT2D eigenvalue weighted by atomic mass is 16.5. The minimum atomic E-state index is 0.683. The summed E-state index contributed by atoms with van der Waals surface area (Å²) in [7, 11) is 0. The van der Waals surface area contributed by atoms with Crippen LogP contribution >= 0.6 is 0 Å². The molecule has 0 bridgehead atoms. The van der Waals surface area contributed by atoms with E-state index in [0.717, 1.165) is 100 Å². The number of rotatable bonds is 12. The van der Waals surface area contributed by atoms with E-state index in [-0.39, 0.29) is 0 Å². The molecule has 10 aromatic carbocycles. The van der Waals surface area contributed by atoms with Crippen molar-refractivity contribution >= 4 is 43.6 Å². The molecule has 8 heteroatoms. The second-order valence-electron chi connectivity index (χ2n) is 20.3. The number of hydrogen-bond acceptors (Lipinski definition) is 6. The van der Waals surface area contributed by atoms with Crippen molar-refractivity contribution in [3.8, 4) is 102 Å². The largest absolute Gasteiger partial charge is 0.457 e. The van der Waals surface area contributed by atoms with E-state index in [1.54, 1.807) is 12.4 Å². The molecule has 0 radical (unpaired) electrons. The molecule has 0 aliphatic carbocycles. The van der Waals surface area contributed by atoms with E-state index in [0.29, 0.717) is 23.0 Å². The van der Waals surface area contributed by atoms with E-state index < -0.39 is 0 Å². The van der Waals surface area contributed by atoms with Gasteiger partial charge in [0.1, 0.15) is 34.6 Å². The Morgan fingerprint density at radius 2 is 0.585 bits per heavy atom. The first kappa shape index (κ1) is 47.9. The van der Waals surface area contributed by atoms with Gasteiger partial charge < -0.3 is 9.47 Å². The molecule has 15 aromatic rings. The van der Waals surface area contributed by atoms with Crippen molar-refractivity contribution in [2.24, 2.45) is 0 Å². The molecule has 0 saturated carbocycles. The minimum Gasteiger partial charge on any atom is -0.457 e. The minimum absolute atomic E-state index is 0.683. The second kappa shape index (κ2) is 20.5. The fourth-order valence-corrected chi connectivity index (χ4v) is 11.3. The number of aromatic nitrogens is 6. The fraction of sp³-hybridized carbons (Fsp3) is 0. The first-order valence-corrected chi connectivity index (χ1v) is 27.3. The average Bonchev–Trinajstić information content (AvgIpc) is 3.79. The van der Waals surface area contributed by atoms with Gasteiger partial charge in [0.2, 0.25) is 0 Å². The zero-order chi connectivity index (χ0) is 54.3. The van der Waals surface area contributed by atoms with Crippen LogP contribution in [0.5, 0.6) is 23.0 Å². The molecule has 5 heterocycles. The van der Waals surface area contributed by atoms with Gasteiger partial charge in [0.15, 0.2) is 0 Å². The molecule has 0 amide bonds. The summed E-state index contributed by atoms with van der Waals surface area (Å²) in [4.78, 5) is 19.6. The van der Waals surface area contributed by atoms with E-state index in [9.17, 15) is 0 Å². The van der Waals surface area contributed by atoms with Crippen LogP contribution in [0, 0.1) is 0 Å². The number of para-hydroxylation sites is 2. The van der Waals surface area contributed by atoms with Gasteiger partial charge in [-0.05, 0) is 129 Å². The summed E-state index contributed by atoms with van der Waals surface area (Å²) in [6.45, 7) is 0. The lowest BCUT2D eigenvalue weighted by molar-refractivity contribution is 0.483. The van der Waals surface area contributed by atoms with E-state index >= 15 is 0 Å². The van der Waals surface area contributed by atoms with Crippen molar-refractivity contribution in [1.29, 1.82) is 0 Å². The molecule has 0 aliphatic rings. The van der Waals surface area contributed by atoms with Crippen molar-refractivity contribution in [1.82, 2.24) is 29.1 Å². The molecule has 0 fully saturated rings. The molecule has 0 N–H and O–H groups in total. The highest BCUT2D eigenvalue weighted by Gasteiger charge is 2.18. The highest BCUT2D eigenvalue weighted by molar-refractivity contribution is 6.10. The van der Waals surface area contributed by atoms with Crippen LogP contribution in [-0.2, 0) is 0 Å². The van der Waals surface area contributed by atoms with Crippen LogP contribution < -0.4 is 9.47 Å². The van der Waals surface area contributed by atoms with Crippen molar-refractivity contribution in [3.63, 3.8) is 0 Å². The van der Waals surface area contributed by atoms with Gasteiger partial charge in [-0.2, -0.15) is 0 Å². The van der Waals surface area contributed by atoms with Crippen LogP contribution in [0.3, 0.4) is 0 Å². The standard InChI is InChI=1S/C74H48N6O2/c1-3-13-49(14-4-1)51-25-29-53(30-26-51)55-37-39-75-73(43-55)79-69-23-9-7-21-63(69)65-35-33-61(45-71(65)79)81-59-19-11-17-57(41-59)67-47-78-68(48-77-67)58-18-12-20-60(42-58)82-62-34-36-66-64-22-8-10-24-70(64)80(72(66)46-62)74-44-56(38-40-76-74)54-31-27-52(28-32-54)50-15-5-2-6-16-50/h1-48H. The monoisotopic (exact) mass is 1050 g/mol. The number of hydrogen-bond donors (Lipinski definition) is 0. The molecule has 5 aromatic heterocycles. The highest BCUT2D eigenvalue weighted by Crippen LogP contribution is 2.39. The Morgan fingerprint density at radius 1 is 0.232 bits per heavy atom. The lowest BCUT2D eigenvalue weighted by Gasteiger charge is -2.12. The molecule has 0 saturated heterocycles. The van der Waals surface area contributed by atoms with Crippen molar-refractivity contribution in [3.05, 3.63) is 292 Å². The Kier molecular flexibility index (Phi) is 12.0. The molecule has 15 rings (SSSR count). The molecule has 0 aliphatic heterocycles. The zero-order valence-electron chi connectivity index (χ0n) is 44.2. The van der Waals surface area contributed by atoms with E-state index in [2.05, 4.69) is 203 Å². The van der Waals surface area contributed by atoms with Crippen molar-refractivity contribution in [2.45, 2.75) is 0 Å². The first-order chi connectivity index (χ1) is 40.6. The molecule has 0 atom stereocenters. The molecule has 0 unspecified atom stereocenters. The van der Waals surface area contributed by atoms with Gasteiger partial charge in [-0.1, -0.05) is 170 Å². The third-order valence-corrected chi connectivity index (χ3v) is 15.3. The number of ether oxygens (including phenoxy) is 2. The Morgan fingerprint density at radius 3 is 1.01 bits per heavy atom. The smallest absolute Gasteiger partial charge is 0.138 e. The third-order valence-electron chi connectivity index (χ3n) is 15.3. The predicted molar refractivity (Wildman–Crippen MR) is 332 cm³/mol. The average molecular weight is 1050 g/mol. The maximum Gasteiger partial charge on any atom is 0.138 e. The van der Waals surface area contributed by atoms with E-state index in [1.165, 1.54) is 22.3 Å². The molecule has 8 nitrogen and oxygen atoms in total. The van der Waals surface area contributed by atoms with Gasteiger partial charge in [-0.15, -0.1) is 0 Å². The van der Waals surface area contributed by atoms with Crippen LogP contribution in [0.4, 0.5) is 0 Å². The summed E-state index contributed by atoms with van der Waals surface area (Å²) < 4.78 is 17.7. The van der Waals surface area contributed by atoms with Gasteiger partial charge in [0.25, 0.3) is 0 Å². The SMILES string of the molecule is c1ccc(-c2ccc(-c3ccnc(-n4c5ccccc5c5ccc(Oc6cccc(-c7cnc(-c8cccc(Oc9ccc%10c%11ccccc%11n(-c%11cc(-c%12ccc(-c%13ccccc%13)cc%12)ccn%11)c%10c9)c8)cn7)c6)cc54)c3)cc2)cc1. The summed E-state index contributed by atoms with van der Waals surface area (Å²) >= 11 is 0. The van der Waals surface area contributed by atoms with Crippen LogP contribution in [0.25, 0.3) is 122 Å². The van der Waals surface area contributed by atoms with Gasteiger partial charge in [0.05, 0.1) is 45.8 Å². The summed E-state index contributed by atoms with van der Waals surface area (Å²) in [5.41, 5.74) is 16.5. The molecule has 0 spiro atoms. The van der Waals surface area contributed by atoms with Crippen molar-refractivity contribution < 1.29 is 9.47 Å². The van der Waals surface area contributed by atoms with Crippen LogP contribution in [0.15, 0.2) is 292 Å². The summed E-state index contributed by atoms with van der Waals surface area (Å²) in [5.74, 6) is 4.43. The Hall–Kier alpha value is -11.2. The van der Waals surface area contributed by atoms with Crippen LogP contribution in [0.2, 0.25) is 0 Å². The molecular formula is C74H48N6O2. The summed E-state index contributed by atoms with van der Waals surface area (Å²) in [6, 6.07) is 92.1. The van der Waals surface area contributed by atoms with Crippen LogP contribution in [-0.4, -0.2) is 29.1 Å². The third kappa shape index (κ3) is 9.06. The summed E-state index contributed by atoms with van der Waals surface area (Å²) in [5, 5.41) is 4.51. The maximum absolute atomic E-state index is 6.64. The first-order valence-electron chi connectivity index (χ1n) is 27.3. The predicted octanol–water partition coefficient (Wildman–Crippen LogP) is 19.0. The van der Waals surface area contributed by atoms with Gasteiger partial charge in [-0.3, -0.25) is 19.1 Å². The van der Waals surface area contributed by atoms with E-state index in [1.807, 2.05) is 85.2 Å². The molecule has 82 heavy (non-hydrogen) atoms. The fourth-order valence-electron chi connectivity index (χ4n) is 11.3. The van der Waals surface area contributed by atoms with E-state index in [4.69, 9.17) is 29.4 Å².